The monoisotopic (exact) mass is 619 g/mol. The Labute approximate surface area is 265 Å². The second-order valence-electron chi connectivity index (χ2n) is 11.4. The number of amides is 3. The van der Waals surface area contributed by atoms with E-state index in [1.807, 2.05) is 44.2 Å². The predicted molar refractivity (Wildman–Crippen MR) is 179 cm³/mol. The standard InChI is InChI=1S/C34H45N5O4S/c1-6-28(7-2)36-33(41)37-29-12-13-30(27(20-29)22-42-5)43-31-21-35-34(44-31)38-32(40)26-10-8-24(9-11-26)25-15-18-39(19-16-25)17-14-23(3)4/h8-13,15,20-21,23,28H,6-7,14,16-19,22H2,1-5H3,(H,35,38,40)(H2,36,37,41). The van der Waals surface area contributed by atoms with Gasteiger partial charge in [-0.15, -0.1) is 0 Å². The number of ether oxygens (including phenoxy) is 2. The highest BCUT2D eigenvalue weighted by atomic mass is 32.1. The Balaban J connectivity index is 1.33. The Hall–Kier alpha value is -3.73. The van der Waals surface area contributed by atoms with Crippen LogP contribution in [-0.2, 0) is 11.3 Å². The molecule has 0 saturated carbocycles. The summed E-state index contributed by atoms with van der Waals surface area (Å²) in [4.78, 5) is 32.2. The lowest BCUT2D eigenvalue weighted by atomic mass is 9.98. The molecule has 9 nitrogen and oxygen atoms in total. The highest BCUT2D eigenvalue weighted by molar-refractivity contribution is 7.17. The molecular weight excluding hydrogens is 574 g/mol. The number of aromatic nitrogens is 1. The van der Waals surface area contributed by atoms with E-state index in [1.54, 1.807) is 25.4 Å². The molecule has 236 valence electrons. The van der Waals surface area contributed by atoms with Crippen LogP contribution in [0.1, 0.15) is 74.9 Å². The van der Waals surface area contributed by atoms with Crippen LogP contribution >= 0.6 is 11.3 Å². The van der Waals surface area contributed by atoms with Gasteiger partial charge in [-0.3, -0.25) is 15.0 Å². The molecule has 44 heavy (non-hydrogen) atoms. The van der Waals surface area contributed by atoms with E-state index in [9.17, 15) is 9.59 Å². The molecule has 2 aromatic carbocycles. The second-order valence-corrected chi connectivity index (χ2v) is 12.4. The summed E-state index contributed by atoms with van der Waals surface area (Å²) in [6.45, 7) is 12.1. The van der Waals surface area contributed by atoms with Gasteiger partial charge in [0.1, 0.15) is 5.75 Å². The molecule has 0 saturated heterocycles. The zero-order chi connectivity index (χ0) is 31.5. The van der Waals surface area contributed by atoms with Crippen LogP contribution in [0, 0.1) is 5.92 Å². The summed E-state index contributed by atoms with van der Waals surface area (Å²) in [5.41, 5.74) is 4.47. The van der Waals surface area contributed by atoms with E-state index in [2.05, 4.69) is 45.8 Å². The van der Waals surface area contributed by atoms with Crippen LogP contribution in [0.3, 0.4) is 0 Å². The summed E-state index contributed by atoms with van der Waals surface area (Å²) in [6.07, 6.45) is 7.86. The van der Waals surface area contributed by atoms with Crippen molar-refractivity contribution in [2.45, 2.75) is 66.0 Å². The van der Waals surface area contributed by atoms with Gasteiger partial charge in [0.15, 0.2) is 5.13 Å². The van der Waals surface area contributed by atoms with Crippen LogP contribution in [0.15, 0.2) is 54.7 Å². The third-order valence-corrected chi connectivity index (χ3v) is 8.48. The fourth-order valence-electron chi connectivity index (χ4n) is 4.97. The minimum atomic E-state index is -0.247. The average Bonchev–Trinajstić information content (AvgIpc) is 3.47. The molecule has 0 bridgehead atoms. The van der Waals surface area contributed by atoms with Crippen molar-refractivity contribution in [3.63, 3.8) is 0 Å². The second kappa shape index (κ2) is 16.4. The number of anilines is 2. The van der Waals surface area contributed by atoms with Gasteiger partial charge >= 0.3 is 6.03 Å². The molecule has 1 aliphatic rings. The van der Waals surface area contributed by atoms with Gasteiger partial charge in [0.25, 0.3) is 5.91 Å². The molecular formula is C34H45N5O4S. The summed E-state index contributed by atoms with van der Waals surface area (Å²) in [7, 11) is 1.60. The molecule has 0 spiro atoms. The first kappa shape index (κ1) is 33.2. The molecule has 1 aliphatic heterocycles. The van der Waals surface area contributed by atoms with Crippen molar-refractivity contribution in [2.24, 2.45) is 5.92 Å². The zero-order valence-electron chi connectivity index (χ0n) is 26.4. The number of thiazole rings is 1. The van der Waals surface area contributed by atoms with Gasteiger partial charge in [0.05, 0.1) is 12.8 Å². The van der Waals surface area contributed by atoms with Gasteiger partial charge in [-0.05, 0) is 79.6 Å². The minimum absolute atomic E-state index is 0.127. The van der Waals surface area contributed by atoms with E-state index in [-0.39, 0.29) is 18.0 Å². The summed E-state index contributed by atoms with van der Waals surface area (Å²) in [5.74, 6) is 1.07. The van der Waals surface area contributed by atoms with E-state index in [0.717, 1.165) is 55.9 Å². The number of hydrogen-bond donors (Lipinski definition) is 3. The summed E-state index contributed by atoms with van der Waals surface area (Å²) < 4.78 is 11.5. The first-order valence-corrected chi connectivity index (χ1v) is 16.3. The van der Waals surface area contributed by atoms with Crippen molar-refractivity contribution in [1.82, 2.24) is 15.2 Å². The van der Waals surface area contributed by atoms with Crippen molar-refractivity contribution in [3.8, 4) is 10.8 Å². The van der Waals surface area contributed by atoms with Crippen molar-refractivity contribution in [1.29, 1.82) is 0 Å². The first-order chi connectivity index (χ1) is 21.3. The Morgan fingerprint density at radius 3 is 2.50 bits per heavy atom. The maximum atomic E-state index is 12.9. The molecule has 0 fully saturated rings. The quantitative estimate of drug-likeness (QED) is 0.170. The van der Waals surface area contributed by atoms with Crippen LogP contribution in [-0.4, -0.2) is 54.6 Å². The molecule has 0 radical (unpaired) electrons. The third-order valence-electron chi connectivity index (χ3n) is 7.69. The fraction of sp³-hybridized carbons (Fsp3) is 0.441. The van der Waals surface area contributed by atoms with Crippen LogP contribution in [0.5, 0.6) is 10.8 Å². The number of hydrogen-bond acceptors (Lipinski definition) is 7. The lowest BCUT2D eigenvalue weighted by Gasteiger charge is -2.27. The highest BCUT2D eigenvalue weighted by Gasteiger charge is 2.16. The van der Waals surface area contributed by atoms with Crippen LogP contribution < -0.4 is 20.7 Å². The number of nitrogens with one attached hydrogen (secondary N) is 3. The van der Waals surface area contributed by atoms with Gasteiger partial charge in [0, 0.05) is 43.1 Å². The number of benzene rings is 2. The summed E-state index contributed by atoms with van der Waals surface area (Å²) >= 11 is 1.24. The molecule has 3 amide bonds. The Kier molecular flexibility index (Phi) is 12.3. The minimum Gasteiger partial charge on any atom is -0.445 e. The third kappa shape index (κ3) is 9.64. The number of carbonyl (C=O) groups is 2. The van der Waals surface area contributed by atoms with E-state index in [4.69, 9.17) is 9.47 Å². The van der Waals surface area contributed by atoms with Crippen molar-refractivity contribution < 1.29 is 19.1 Å². The van der Waals surface area contributed by atoms with Gasteiger partial charge < -0.3 is 20.1 Å². The predicted octanol–water partition coefficient (Wildman–Crippen LogP) is 7.78. The molecule has 2 heterocycles. The van der Waals surface area contributed by atoms with Gasteiger partial charge in [-0.2, -0.15) is 0 Å². The van der Waals surface area contributed by atoms with E-state index in [0.29, 0.717) is 33.8 Å². The number of rotatable bonds is 14. The topological polar surface area (TPSA) is 105 Å². The first-order valence-electron chi connectivity index (χ1n) is 15.4. The molecule has 1 aromatic heterocycles. The highest BCUT2D eigenvalue weighted by Crippen LogP contribution is 2.34. The zero-order valence-corrected chi connectivity index (χ0v) is 27.3. The summed E-state index contributed by atoms with van der Waals surface area (Å²) in [6, 6.07) is 13.0. The van der Waals surface area contributed by atoms with Gasteiger partial charge in [-0.25, -0.2) is 9.78 Å². The van der Waals surface area contributed by atoms with Crippen molar-refractivity contribution in [3.05, 3.63) is 71.4 Å². The smallest absolute Gasteiger partial charge is 0.319 e. The maximum absolute atomic E-state index is 12.9. The Morgan fingerprint density at radius 1 is 1.07 bits per heavy atom. The molecule has 0 aliphatic carbocycles. The lowest BCUT2D eigenvalue weighted by molar-refractivity contribution is 0.102. The van der Waals surface area contributed by atoms with Gasteiger partial charge in [-0.1, -0.05) is 57.2 Å². The number of urea groups is 1. The molecule has 10 heteroatoms. The molecule has 4 rings (SSSR count). The van der Waals surface area contributed by atoms with Crippen LogP contribution in [0.2, 0.25) is 0 Å². The lowest BCUT2D eigenvalue weighted by Crippen LogP contribution is -2.37. The average molecular weight is 620 g/mol. The Morgan fingerprint density at radius 2 is 1.84 bits per heavy atom. The van der Waals surface area contributed by atoms with Crippen LogP contribution in [0.4, 0.5) is 15.6 Å². The molecule has 0 atom stereocenters. The number of methoxy groups -OCH3 is 1. The maximum Gasteiger partial charge on any atom is 0.319 e. The van der Waals surface area contributed by atoms with Crippen LogP contribution in [0.25, 0.3) is 5.57 Å². The fourth-order valence-corrected chi connectivity index (χ4v) is 5.64. The van der Waals surface area contributed by atoms with Crippen molar-refractivity contribution in [2.75, 3.05) is 37.4 Å². The SMILES string of the molecule is CCC(CC)NC(=O)Nc1ccc(Oc2cnc(NC(=O)c3ccc(C4=CCN(CCC(C)C)CC4)cc3)s2)c(COC)c1. The van der Waals surface area contributed by atoms with Crippen molar-refractivity contribution >= 4 is 39.7 Å². The molecule has 3 aromatic rings. The number of nitrogens with zero attached hydrogens (tertiary/aromatic N) is 2. The number of carbonyl (C=O) groups excluding carboxylic acids is 2. The largest absolute Gasteiger partial charge is 0.445 e. The van der Waals surface area contributed by atoms with E-state index >= 15 is 0 Å². The van der Waals surface area contributed by atoms with E-state index in [1.165, 1.54) is 23.3 Å². The Bertz CT molecular complexity index is 1420. The molecule has 3 N–H and O–H groups in total. The molecule has 0 unspecified atom stereocenters. The summed E-state index contributed by atoms with van der Waals surface area (Å²) in [5, 5.41) is 9.69. The van der Waals surface area contributed by atoms with Gasteiger partial charge in [0.2, 0.25) is 5.06 Å². The van der Waals surface area contributed by atoms with E-state index < -0.39 is 0 Å². The normalized spacial score (nSPS) is 13.6.